The van der Waals surface area contributed by atoms with Gasteiger partial charge in [0.05, 0.1) is 11.6 Å². The number of benzene rings is 2. The highest BCUT2D eigenvalue weighted by molar-refractivity contribution is 5.88. The average molecular weight is 618 g/mol. The number of carbonyl (C=O) groups is 2. The molecule has 0 aromatic heterocycles. The molecule has 0 spiro atoms. The highest BCUT2D eigenvalue weighted by atomic mass is 16.5. The van der Waals surface area contributed by atoms with Crippen LogP contribution in [-0.2, 0) is 9.59 Å². The van der Waals surface area contributed by atoms with E-state index in [1.807, 2.05) is 50.2 Å². The normalized spacial score (nSPS) is 12.2. The molecule has 0 saturated heterocycles. The van der Waals surface area contributed by atoms with E-state index < -0.39 is 6.04 Å². The highest BCUT2D eigenvalue weighted by Gasteiger charge is 2.25. The van der Waals surface area contributed by atoms with Crippen LogP contribution in [0, 0.1) is 17.2 Å². The Labute approximate surface area is 273 Å². The van der Waals surface area contributed by atoms with Crippen molar-refractivity contribution in [3.05, 3.63) is 54.1 Å². The molecule has 0 saturated carbocycles. The van der Waals surface area contributed by atoms with Crippen molar-refractivity contribution >= 4 is 11.8 Å². The monoisotopic (exact) mass is 617 g/mol. The van der Waals surface area contributed by atoms with Gasteiger partial charge in [-0.2, -0.15) is 5.26 Å². The average Bonchev–Trinajstić information content (AvgIpc) is 3.07. The van der Waals surface area contributed by atoms with Crippen LogP contribution in [0.15, 0.2) is 48.5 Å². The maximum Gasteiger partial charge on any atom is 0.258 e. The van der Waals surface area contributed by atoms with Crippen molar-refractivity contribution in [1.29, 1.82) is 5.26 Å². The van der Waals surface area contributed by atoms with Crippen molar-refractivity contribution < 1.29 is 14.3 Å². The van der Waals surface area contributed by atoms with Crippen molar-refractivity contribution in [1.82, 2.24) is 10.6 Å². The molecule has 45 heavy (non-hydrogen) atoms. The lowest BCUT2D eigenvalue weighted by Crippen LogP contribution is -2.51. The number of unbranched alkanes of at least 4 members (excludes halogenated alkanes) is 15. The van der Waals surface area contributed by atoms with Crippen LogP contribution >= 0.6 is 0 Å². The second-order valence-electron chi connectivity index (χ2n) is 12.5. The minimum atomic E-state index is -0.578. The predicted molar refractivity (Wildman–Crippen MR) is 186 cm³/mol. The van der Waals surface area contributed by atoms with Crippen molar-refractivity contribution in [2.45, 2.75) is 136 Å². The maximum absolute atomic E-state index is 12.9. The van der Waals surface area contributed by atoms with Gasteiger partial charge in [0, 0.05) is 6.54 Å². The zero-order valence-electron chi connectivity index (χ0n) is 28.4. The lowest BCUT2D eigenvalue weighted by atomic mass is 9.98. The predicted octanol–water partition coefficient (Wildman–Crippen LogP) is 9.51. The zero-order chi connectivity index (χ0) is 32.5. The van der Waals surface area contributed by atoms with Gasteiger partial charge in [-0.3, -0.25) is 9.59 Å². The quantitative estimate of drug-likeness (QED) is 0.109. The van der Waals surface area contributed by atoms with Crippen LogP contribution in [-0.4, -0.2) is 31.0 Å². The molecule has 2 amide bonds. The van der Waals surface area contributed by atoms with Gasteiger partial charge in [0.25, 0.3) is 5.91 Å². The fourth-order valence-electron chi connectivity index (χ4n) is 5.54. The number of amides is 2. The Morgan fingerprint density at radius 3 is 1.64 bits per heavy atom. The van der Waals surface area contributed by atoms with Gasteiger partial charge in [-0.15, -0.1) is 0 Å². The second-order valence-corrected chi connectivity index (χ2v) is 12.5. The molecule has 0 aliphatic rings. The summed E-state index contributed by atoms with van der Waals surface area (Å²) in [7, 11) is 0. The fraction of sp³-hybridized carbons (Fsp3) is 0.615. The van der Waals surface area contributed by atoms with Crippen LogP contribution in [0.5, 0.6) is 5.75 Å². The summed E-state index contributed by atoms with van der Waals surface area (Å²) in [5, 5.41) is 14.9. The Balaban J connectivity index is 1.56. The van der Waals surface area contributed by atoms with Crippen LogP contribution in [0.3, 0.4) is 0 Å². The fourth-order valence-corrected chi connectivity index (χ4v) is 5.54. The largest absolute Gasteiger partial charge is 0.484 e. The van der Waals surface area contributed by atoms with E-state index in [0.717, 1.165) is 30.4 Å². The SMILES string of the molecule is CCCCCCCCCCCCCCCCCCNC(=O)C(NC(=O)COc1ccc(-c2ccc(C#N)cc2)cc1)C(C)CC. The van der Waals surface area contributed by atoms with Crippen molar-refractivity contribution in [3.8, 4) is 22.9 Å². The number of hydrogen-bond acceptors (Lipinski definition) is 4. The Morgan fingerprint density at radius 1 is 0.711 bits per heavy atom. The first-order valence-electron chi connectivity index (χ1n) is 17.8. The van der Waals surface area contributed by atoms with Gasteiger partial charge >= 0.3 is 0 Å². The van der Waals surface area contributed by atoms with Crippen molar-refractivity contribution in [2.24, 2.45) is 5.92 Å². The molecule has 2 N–H and O–H groups in total. The molecule has 0 fully saturated rings. The number of hydrogen-bond donors (Lipinski definition) is 2. The van der Waals surface area contributed by atoms with E-state index in [1.165, 1.54) is 89.9 Å². The molecule has 0 radical (unpaired) electrons. The molecule has 0 bridgehead atoms. The van der Waals surface area contributed by atoms with E-state index in [9.17, 15) is 9.59 Å². The Bertz CT molecular complexity index is 1110. The van der Waals surface area contributed by atoms with Crippen LogP contribution in [0.1, 0.15) is 135 Å². The van der Waals surface area contributed by atoms with Crippen LogP contribution < -0.4 is 15.4 Å². The van der Waals surface area contributed by atoms with Crippen LogP contribution in [0.4, 0.5) is 0 Å². The standard InChI is InChI=1S/C39H59N3O3/c1-4-6-7-8-9-10-11-12-13-14-15-16-17-18-19-20-29-41-39(44)38(32(3)5-2)42-37(43)31-45-36-27-25-35(26-28-36)34-23-21-33(30-40)22-24-34/h21-28,32,38H,4-20,29,31H2,1-3H3,(H,41,44)(H,42,43). The molecule has 2 aromatic carbocycles. The first kappa shape index (κ1) is 37.9. The molecule has 2 rings (SSSR count). The van der Waals surface area contributed by atoms with Gasteiger partial charge in [0.15, 0.2) is 6.61 Å². The topological polar surface area (TPSA) is 91.2 Å². The number of nitrogens with one attached hydrogen (secondary N) is 2. The molecule has 0 heterocycles. The van der Waals surface area contributed by atoms with Crippen molar-refractivity contribution in [3.63, 3.8) is 0 Å². The molecule has 2 aromatic rings. The summed E-state index contributed by atoms with van der Waals surface area (Å²) in [6.45, 7) is 6.77. The molecule has 0 aliphatic heterocycles. The molecule has 6 nitrogen and oxygen atoms in total. The number of ether oxygens (including phenoxy) is 1. The summed E-state index contributed by atoms with van der Waals surface area (Å²) in [6, 6.07) is 16.4. The third kappa shape index (κ3) is 16.5. The Kier molecular flexibility index (Phi) is 20.2. The first-order valence-corrected chi connectivity index (χ1v) is 17.8. The molecule has 248 valence electrons. The summed E-state index contributed by atoms with van der Waals surface area (Å²) in [6.07, 6.45) is 22.0. The maximum atomic E-state index is 12.9. The number of nitrogens with zero attached hydrogens (tertiary/aromatic N) is 1. The minimum absolute atomic E-state index is 0.0199. The zero-order valence-corrected chi connectivity index (χ0v) is 28.4. The van der Waals surface area contributed by atoms with Gasteiger partial charge in [-0.1, -0.05) is 148 Å². The van der Waals surface area contributed by atoms with Gasteiger partial charge in [-0.05, 0) is 47.7 Å². The summed E-state index contributed by atoms with van der Waals surface area (Å²) in [4.78, 5) is 25.6. The molecule has 2 unspecified atom stereocenters. The molecular weight excluding hydrogens is 558 g/mol. The summed E-state index contributed by atoms with van der Waals surface area (Å²) >= 11 is 0. The lowest BCUT2D eigenvalue weighted by molar-refractivity contribution is -0.131. The third-order valence-corrected chi connectivity index (χ3v) is 8.71. The van der Waals surface area contributed by atoms with Crippen molar-refractivity contribution in [2.75, 3.05) is 13.2 Å². The molecular formula is C39H59N3O3. The molecule has 2 atom stereocenters. The van der Waals surface area contributed by atoms with Gasteiger partial charge < -0.3 is 15.4 Å². The lowest BCUT2D eigenvalue weighted by Gasteiger charge is -2.23. The molecule has 6 heteroatoms. The number of rotatable bonds is 25. The Hall–Kier alpha value is -3.33. The summed E-state index contributed by atoms with van der Waals surface area (Å²) < 4.78 is 5.70. The van der Waals surface area contributed by atoms with E-state index in [4.69, 9.17) is 10.00 Å². The van der Waals surface area contributed by atoms with Gasteiger partial charge in [0.2, 0.25) is 5.91 Å². The smallest absolute Gasteiger partial charge is 0.258 e. The number of nitriles is 1. The van der Waals surface area contributed by atoms with E-state index in [0.29, 0.717) is 17.9 Å². The minimum Gasteiger partial charge on any atom is -0.484 e. The van der Waals surface area contributed by atoms with E-state index in [-0.39, 0.29) is 24.3 Å². The van der Waals surface area contributed by atoms with E-state index in [1.54, 1.807) is 12.1 Å². The van der Waals surface area contributed by atoms with E-state index in [2.05, 4.69) is 23.6 Å². The van der Waals surface area contributed by atoms with Gasteiger partial charge in [-0.25, -0.2) is 0 Å². The second kappa shape index (κ2) is 24.0. The summed E-state index contributed by atoms with van der Waals surface area (Å²) in [5.41, 5.74) is 2.61. The van der Waals surface area contributed by atoms with E-state index >= 15 is 0 Å². The van der Waals surface area contributed by atoms with Gasteiger partial charge in [0.1, 0.15) is 11.8 Å². The number of carbonyl (C=O) groups excluding carboxylic acids is 2. The van der Waals surface area contributed by atoms with Crippen LogP contribution in [0.2, 0.25) is 0 Å². The Morgan fingerprint density at radius 2 is 1.18 bits per heavy atom. The van der Waals surface area contributed by atoms with Crippen LogP contribution in [0.25, 0.3) is 11.1 Å². The molecule has 0 aliphatic carbocycles. The summed E-state index contributed by atoms with van der Waals surface area (Å²) in [5.74, 6) is 0.168. The third-order valence-electron chi connectivity index (χ3n) is 8.71. The highest BCUT2D eigenvalue weighted by Crippen LogP contribution is 2.23. The first-order chi connectivity index (χ1) is 22.0.